The first-order valence-corrected chi connectivity index (χ1v) is 5.71. The Morgan fingerprint density at radius 1 is 1.59 bits per heavy atom. The Morgan fingerprint density at radius 3 is 2.82 bits per heavy atom. The average Bonchev–Trinajstić information content (AvgIpc) is 2.27. The second kappa shape index (κ2) is 4.71. The zero-order valence-corrected chi connectivity index (χ0v) is 9.84. The predicted octanol–water partition coefficient (Wildman–Crippen LogP) is 0.507. The molecule has 1 heterocycles. The topological polar surface area (TPSA) is 79.5 Å². The molecule has 0 spiro atoms. The van der Waals surface area contributed by atoms with E-state index in [2.05, 4.69) is 4.98 Å². The van der Waals surface area contributed by atoms with Gasteiger partial charge in [-0.3, -0.25) is 4.79 Å². The van der Waals surface area contributed by atoms with Gasteiger partial charge in [0.2, 0.25) is 0 Å². The van der Waals surface area contributed by atoms with Crippen LogP contribution in [0.3, 0.4) is 0 Å². The minimum atomic E-state index is -0.179. The van der Waals surface area contributed by atoms with E-state index >= 15 is 0 Å². The molecular weight excluding hydrogens is 218 g/mol. The Hall–Kier alpha value is -1.62. The van der Waals surface area contributed by atoms with Crippen LogP contribution < -0.4 is 5.73 Å². The van der Waals surface area contributed by atoms with Gasteiger partial charge < -0.3 is 15.7 Å². The Labute approximate surface area is 100 Å². The van der Waals surface area contributed by atoms with E-state index in [1.165, 1.54) is 6.20 Å². The molecule has 0 bridgehead atoms. The number of hydrogen-bond acceptors (Lipinski definition) is 4. The highest BCUT2D eigenvalue weighted by atomic mass is 16.3. The Balaban J connectivity index is 1.92. The van der Waals surface area contributed by atoms with E-state index < -0.39 is 0 Å². The maximum absolute atomic E-state index is 12.0. The molecule has 1 aromatic heterocycles. The molecule has 0 saturated heterocycles. The number of nitrogen functional groups attached to an aromatic ring is 1. The first-order valence-electron chi connectivity index (χ1n) is 5.71. The van der Waals surface area contributed by atoms with E-state index in [-0.39, 0.29) is 12.0 Å². The number of aliphatic hydroxyl groups is 1. The smallest absolute Gasteiger partial charge is 0.255 e. The lowest BCUT2D eigenvalue weighted by Crippen LogP contribution is -2.39. The third-order valence-corrected chi connectivity index (χ3v) is 3.12. The van der Waals surface area contributed by atoms with Gasteiger partial charge >= 0.3 is 0 Å². The molecule has 2 rings (SSSR count). The van der Waals surface area contributed by atoms with Crippen molar-refractivity contribution in [1.82, 2.24) is 9.88 Å². The van der Waals surface area contributed by atoms with Crippen LogP contribution in [0.5, 0.6) is 0 Å². The van der Waals surface area contributed by atoms with Crippen molar-refractivity contribution in [3.8, 4) is 0 Å². The van der Waals surface area contributed by atoms with Gasteiger partial charge in [-0.2, -0.15) is 0 Å². The van der Waals surface area contributed by atoms with E-state index in [1.807, 2.05) is 0 Å². The third-order valence-electron chi connectivity index (χ3n) is 3.12. The summed E-state index contributed by atoms with van der Waals surface area (Å²) in [6, 6.07) is 3.30. The zero-order chi connectivity index (χ0) is 12.4. The maximum Gasteiger partial charge on any atom is 0.255 e. The van der Waals surface area contributed by atoms with Crippen molar-refractivity contribution in [1.29, 1.82) is 0 Å². The van der Waals surface area contributed by atoms with E-state index in [0.717, 1.165) is 12.8 Å². The molecule has 1 amide bonds. The Kier molecular flexibility index (Phi) is 3.28. The molecule has 1 fully saturated rings. The standard InChI is InChI=1S/C12H17N3O2/c1-15(7-8-4-10(16)5-8)12(17)9-2-3-11(13)14-6-9/h2-3,6,8,10,16H,4-5,7H2,1H3,(H2,13,14). The van der Waals surface area contributed by atoms with Gasteiger partial charge in [0.25, 0.3) is 5.91 Å². The molecule has 1 aliphatic rings. The molecule has 0 aliphatic heterocycles. The monoisotopic (exact) mass is 235 g/mol. The van der Waals surface area contributed by atoms with E-state index in [4.69, 9.17) is 5.73 Å². The number of rotatable bonds is 3. The highest BCUT2D eigenvalue weighted by Gasteiger charge is 2.29. The molecule has 3 N–H and O–H groups in total. The summed E-state index contributed by atoms with van der Waals surface area (Å²) in [4.78, 5) is 17.6. The minimum Gasteiger partial charge on any atom is -0.393 e. The number of pyridine rings is 1. The molecule has 5 heteroatoms. The first-order chi connectivity index (χ1) is 8.06. The molecule has 0 atom stereocenters. The number of nitrogens with zero attached hydrogens (tertiary/aromatic N) is 2. The molecule has 1 aromatic rings. The number of aliphatic hydroxyl groups excluding tert-OH is 1. The first kappa shape index (κ1) is 11.9. The number of carbonyl (C=O) groups excluding carboxylic acids is 1. The van der Waals surface area contributed by atoms with Crippen LogP contribution in [0.2, 0.25) is 0 Å². The lowest BCUT2D eigenvalue weighted by molar-refractivity contribution is 0.0265. The quantitative estimate of drug-likeness (QED) is 0.800. The minimum absolute atomic E-state index is 0.0566. The van der Waals surface area contributed by atoms with Gasteiger partial charge in [0, 0.05) is 19.8 Å². The van der Waals surface area contributed by atoms with Crippen molar-refractivity contribution in [2.75, 3.05) is 19.3 Å². The van der Waals surface area contributed by atoms with Gasteiger partial charge in [-0.15, -0.1) is 0 Å². The second-order valence-electron chi connectivity index (χ2n) is 4.65. The van der Waals surface area contributed by atoms with Gasteiger partial charge in [0.15, 0.2) is 0 Å². The number of aromatic nitrogens is 1. The van der Waals surface area contributed by atoms with Crippen LogP contribution in [0, 0.1) is 5.92 Å². The summed E-state index contributed by atoms with van der Waals surface area (Å²) in [7, 11) is 1.77. The van der Waals surface area contributed by atoms with Crippen LogP contribution in [-0.4, -0.2) is 40.6 Å². The van der Waals surface area contributed by atoms with E-state index in [0.29, 0.717) is 23.8 Å². The van der Waals surface area contributed by atoms with Crippen LogP contribution in [-0.2, 0) is 0 Å². The summed E-state index contributed by atoms with van der Waals surface area (Å²) in [6.45, 7) is 0.681. The fourth-order valence-corrected chi connectivity index (χ4v) is 2.07. The summed E-state index contributed by atoms with van der Waals surface area (Å²) in [5.74, 6) is 0.769. The van der Waals surface area contributed by atoms with Crippen LogP contribution in [0.25, 0.3) is 0 Å². The zero-order valence-electron chi connectivity index (χ0n) is 9.84. The molecule has 0 aromatic carbocycles. The predicted molar refractivity (Wildman–Crippen MR) is 64.3 cm³/mol. The fourth-order valence-electron chi connectivity index (χ4n) is 2.07. The van der Waals surface area contributed by atoms with E-state index in [1.54, 1.807) is 24.1 Å². The van der Waals surface area contributed by atoms with Crippen LogP contribution in [0.15, 0.2) is 18.3 Å². The number of amides is 1. The molecule has 5 nitrogen and oxygen atoms in total. The van der Waals surface area contributed by atoms with Gasteiger partial charge in [0.05, 0.1) is 11.7 Å². The molecule has 92 valence electrons. The van der Waals surface area contributed by atoms with Crippen LogP contribution in [0.4, 0.5) is 5.82 Å². The van der Waals surface area contributed by atoms with Crippen molar-refractivity contribution in [2.24, 2.45) is 5.92 Å². The molecule has 0 radical (unpaired) electrons. The third kappa shape index (κ3) is 2.74. The average molecular weight is 235 g/mol. The number of hydrogen-bond donors (Lipinski definition) is 2. The van der Waals surface area contributed by atoms with Crippen molar-refractivity contribution in [3.63, 3.8) is 0 Å². The number of carbonyl (C=O) groups is 1. The van der Waals surface area contributed by atoms with Gasteiger partial charge in [-0.05, 0) is 30.9 Å². The van der Waals surface area contributed by atoms with Crippen molar-refractivity contribution < 1.29 is 9.90 Å². The van der Waals surface area contributed by atoms with Crippen molar-refractivity contribution in [3.05, 3.63) is 23.9 Å². The lowest BCUT2D eigenvalue weighted by Gasteiger charge is -2.34. The van der Waals surface area contributed by atoms with Gasteiger partial charge in [-0.25, -0.2) is 4.98 Å². The van der Waals surface area contributed by atoms with Crippen molar-refractivity contribution in [2.45, 2.75) is 18.9 Å². The Morgan fingerprint density at radius 2 is 2.29 bits per heavy atom. The molecule has 1 aliphatic carbocycles. The normalized spacial score (nSPS) is 22.9. The molecule has 17 heavy (non-hydrogen) atoms. The maximum atomic E-state index is 12.0. The molecular formula is C12H17N3O2. The van der Waals surface area contributed by atoms with E-state index in [9.17, 15) is 9.90 Å². The summed E-state index contributed by atoms with van der Waals surface area (Å²) >= 11 is 0. The number of anilines is 1. The Bertz CT molecular complexity index is 399. The van der Waals surface area contributed by atoms with Gasteiger partial charge in [0.1, 0.15) is 5.82 Å². The summed E-state index contributed by atoms with van der Waals surface area (Å²) in [5.41, 5.74) is 6.01. The summed E-state index contributed by atoms with van der Waals surface area (Å²) in [5, 5.41) is 9.19. The lowest BCUT2D eigenvalue weighted by atomic mass is 9.82. The molecule has 1 saturated carbocycles. The fraction of sp³-hybridized carbons (Fsp3) is 0.500. The van der Waals surface area contributed by atoms with Gasteiger partial charge in [-0.1, -0.05) is 0 Å². The number of nitrogens with two attached hydrogens (primary N) is 1. The summed E-state index contributed by atoms with van der Waals surface area (Å²) < 4.78 is 0. The largest absolute Gasteiger partial charge is 0.393 e. The highest BCUT2D eigenvalue weighted by Crippen LogP contribution is 2.27. The molecule has 0 unspecified atom stereocenters. The second-order valence-corrected chi connectivity index (χ2v) is 4.65. The van der Waals surface area contributed by atoms with Crippen molar-refractivity contribution >= 4 is 11.7 Å². The SMILES string of the molecule is CN(CC1CC(O)C1)C(=O)c1ccc(N)nc1. The highest BCUT2D eigenvalue weighted by molar-refractivity contribution is 5.93. The summed E-state index contributed by atoms with van der Waals surface area (Å²) in [6.07, 6.45) is 2.89. The van der Waals surface area contributed by atoms with Crippen LogP contribution in [0.1, 0.15) is 23.2 Å². The van der Waals surface area contributed by atoms with Crippen LogP contribution >= 0.6 is 0 Å².